The van der Waals surface area contributed by atoms with Gasteiger partial charge in [0.25, 0.3) is 0 Å². The van der Waals surface area contributed by atoms with Gasteiger partial charge in [-0.3, -0.25) is 4.79 Å². The Kier molecular flexibility index (Phi) is 11.2. The first-order valence-electron chi connectivity index (χ1n) is 7.97. The molecule has 0 aliphatic rings. The van der Waals surface area contributed by atoms with Gasteiger partial charge in [-0.15, -0.1) is 0 Å². The molecular weight excluding hydrogens is 222 g/mol. The summed E-state index contributed by atoms with van der Waals surface area (Å²) < 4.78 is 0. The fourth-order valence-electron chi connectivity index (χ4n) is 2.27. The molecule has 0 aliphatic carbocycles. The van der Waals surface area contributed by atoms with Crippen LogP contribution in [0.2, 0.25) is 0 Å². The lowest BCUT2D eigenvalue weighted by Crippen LogP contribution is -2.36. The summed E-state index contributed by atoms with van der Waals surface area (Å²) in [6.07, 6.45) is 9.01. The van der Waals surface area contributed by atoms with Gasteiger partial charge in [-0.1, -0.05) is 53.4 Å². The van der Waals surface area contributed by atoms with E-state index in [2.05, 4.69) is 32.6 Å². The van der Waals surface area contributed by atoms with Gasteiger partial charge in [-0.25, -0.2) is 0 Å². The zero-order chi connectivity index (χ0) is 13.8. The Balaban J connectivity index is 4.29. The molecule has 0 aromatic rings. The van der Waals surface area contributed by atoms with E-state index >= 15 is 0 Å². The molecule has 0 aromatic heterocycles. The molecule has 0 saturated heterocycles. The summed E-state index contributed by atoms with van der Waals surface area (Å²) in [5, 5.41) is 0. The summed E-state index contributed by atoms with van der Waals surface area (Å²) in [6.45, 7) is 10.7. The Labute approximate surface area is 114 Å². The van der Waals surface area contributed by atoms with E-state index in [1.54, 1.807) is 0 Å². The van der Waals surface area contributed by atoms with Crippen molar-refractivity contribution in [3.05, 3.63) is 0 Å². The van der Waals surface area contributed by atoms with Gasteiger partial charge < -0.3 is 4.90 Å². The average Bonchev–Trinajstić information content (AvgIpc) is 2.38. The highest BCUT2D eigenvalue weighted by molar-refractivity contribution is 5.76. The number of hydrogen-bond donors (Lipinski definition) is 0. The molecule has 2 nitrogen and oxygen atoms in total. The Bertz CT molecular complexity index is 203. The Hall–Kier alpha value is -0.530. The van der Waals surface area contributed by atoms with Gasteiger partial charge in [-0.2, -0.15) is 0 Å². The minimum absolute atomic E-state index is 0.362. The average molecular weight is 255 g/mol. The maximum Gasteiger partial charge on any atom is 0.222 e. The lowest BCUT2D eigenvalue weighted by molar-refractivity contribution is -0.132. The Morgan fingerprint density at radius 2 is 1.67 bits per heavy atom. The molecule has 0 spiro atoms. The van der Waals surface area contributed by atoms with Crippen molar-refractivity contribution in [3.8, 4) is 0 Å². The van der Waals surface area contributed by atoms with Crippen LogP contribution in [-0.4, -0.2) is 23.9 Å². The quantitative estimate of drug-likeness (QED) is 0.527. The molecule has 1 unspecified atom stereocenters. The molecule has 1 atom stereocenters. The highest BCUT2D eigenvalue weighted by atomic mass is 16.2. The van der Waals surface area contributed by atoms with Gasteiger partial charge in [0, 0.05) is 19.5 Å². The van der Waals surface area contributed by atoms with E-state index in [-0.39, 0.29) is 0 Å². The normalized spacial score (nSPS) is 12.4. The first-order chi connectivity index (χ1) is 8.69. The van der Waals surface area contributed by atoms with Crippen LogP contribution in [0.1, 0.15) is 79.1 Å². The monoisotopic (exact) mass is 255 g/mol. The first kappa shape index (κ1) is 17.5. The maximum absolute atomic E-state index is 12.1. The van der Waals surface area contributed by atoms with Crippen molar-refractivity contribution in [1.29, 1.82) is 0 Å². The largest absolute Gasteiger partial charge is 0.342 e. The Morgan fingerprint density at radius 1 is 1.00 bits per heavy atom. The summed E-state index contributed by atoms with van der Waals surface area (Å²) in [7, 11) is 0. The zero-order valence-corrected chi connectivity index (χ0v) is 13.0. The number of hydrogen-bond acceptors (Lipinski definition) is 1. The van der Waals surface area contributed by atoms with Gasteiger partial charge in [0.05, 0.1) is 0 Å². The zero-order valence-electron chi connectivity index (χ0n) is 13.0. The van der Waals surface area contributed by atoms with E-state index in [0.717, 1.165) is 25.9 Å². The van der Waals surface area contributed by atoms with Crippen molar-refractivity contribution in [2.75, 3.05) is 13.1 Å². The third-order valence-electron chi connectivity index (χ3n) is 3.62. The van der Waals surface area contributed by atoms with Gasteiger partial charge in [0.2, 0.25) is 5.91 Å². The summed E-state index contributed by atoms with van der Waals surface area (Å²) in [5.41, 5.74) is 0. The predicted molar refractivity (Wildman–Crippen MR) is 79.7 cm³/mol. The van der Waals surface area contributed by atoms with Crippen molar-refractivity contribution in [2.45, 2.75) is 79.1 Å². The van der Waals surface area contributed by atoms with Crippen LogP contribution in [0, 0.1) is 5.92 Å². The molecule has 0 aliphatic heterocycles. The molecule has 0 N–H and O–H groups in total. The topological polar surface area (TPSA) is 20.3 Å². The van der Waals surface area contributed by atoms with Gasteiger partial charge >= 0.3 is 0 Å². The molecule has 18 heavy (non-hydrogen) atoms. The van der Waals surface area contributed by atoms with E-state index in [4.69, 9.17) is 0 Å². The fourth-order valence-corrected chi connectivity index (χ4v) is 2.27. The molecule has 1 amide bonds. The van der Waals surface area contributed by atoms with Crippen LogP contribution < -0.4 is 0 Å². The molecule has 0 saturated carbocycles. The molecule has 0 heterocycles. The van der Waals surface area contributed by atoms with Crippen LogP contribution in [-0.2, 0) is 4.79 Å². The van der Waals surface area contributed by atoms with Crippen LogP contribution in [0.25, 0.3) is 0 Å². The number of rotatable bonds is 11. The fraction of sp³-hybridized carbons (Fsp3) is 0.938. The van der Waals surface area contributed by atoms with Gasteiger partial charge in [-0.05, 0) is 25.2 Å². The second-order valence-electron chi connectivity index (χ2n) is 5.36. The van der Waals surface area contributed by atoms with Crippen LogP contribution in [0.5, 0.6) is 0 Å². The second kappa shape index (κ2) is 11.6. The summed E-state index contributed by atoms with van der Waals surface area (Å²) in [6, 6.07) is 0. The molecule has 0 fully saturated rings. The second-order valence-corrected chi connectivity index (χ2v) is 5.36. The van der Waals surface area contributed by atoms with E-state index in [0.29, 0.717) is 18.2 Å². The lowest BCUT2D eigenvalue weighted by atomic mass is 9.98. The highest BCUT2D eigenvalue weighted by Crippen LogP contribution is 2.15. The summed E-state index contributed by atoms with van der Waals surface area (Å²) in [5.74, 6) is 1.06. The predicted octanol–water partition coefficient (Wildman–Crippen LogP) is 4.63. The van der Waals surface area contributed by atoms with Crippen molar-refractivity contribution < 1.29 is 4.79 Å². The van der Waals surface area contributed by atoms with Crippen molar-refractivity contribution in [3.63, 3.8) is 0 Å². The number of carbonyl (C=O) groups is 1. The molecule has 0 bridgehead atoms. The van der Waals surface area contributed by atoms with E-state index < -0.39 is 0 Å². The van der Waals surface area contributed by atoms with E-state index in [1.165, 1.54) is 32.1 Å². The molecular formula is C16H33NO. The van der Waals surface area contributed by atoms with E-state index in [1.807, 2.05) is 0 Å². The van der Waals surface area contributed by atoms with Gasteiger partial charge in [0.15, 0.2) is 0 Å². The van der Waals surface area contributed by atoms with Crippen LogP contribution in [0.15, 0.2) is 0 Å². The molecule has 2 heteroatoms. The lowest BCUT2D eigenvalue weighted by Gasteiger charge is -2.27. The molecule has 0 rings (SSSR count). The van der Waals surface area contributed by atoms with Crippen molar-refractivity contribution in [2.24, 2.45) is 5.92 Å². The minimum atomic E-state index is 0.362. The molecule has 0 aromatic carbocycles. The summed E-state index contributed by atoms with van der Waals surface area (Å²) >= 11 is 0. The number of carbonyl (C=O) groups excluding carboxylic acids is 1. The smallest absolute Gasteiger partial charge is 0.222 e. The number of amides is 1. The molecule has 0 radical (unpaired) electrons. The maximum atomic E-state index is 12.1. The SMILES string of the molecule is CCCCC(CC)CN(CCCC)C(=O)CCC. The van der Waals surface area contributed by atoms with Crippen LogP contribution >= 0.6 is 0 Å². The standard InChI is InChI=1S/C16H33NO/c1-5-9-12-15(8-4)14-17(13-10-6-2)16(18)11-7-3/h15H,5-14H2,1-4H3. The third-order valence-corrected chi connectivity index (χ3v) is 3.62. The molecule has 108 valence electrons. The van der Waals surface area contributed by atoms with E-state index in [9.17, 15) is 4.79 Å². The van der Waals surface area contributed by atoms with Gasteiger partial charge in [0.1, 0.15) is 0 Å². The highest BCUT2D eigenvalue weighted by Gasteiger charge is 2.16. The van der Waals surface area contributed by atoms with Crippen LogP contribution in [0.3, 0.4) is 0 Å². The number of nitrogens with zero attached hydrogens (tertiary/aromatic N) is 1. The third kappa shape index (κ3) is 7.73. The Morgan fingerprint density at radius 3 is 2.17 bits per heavy atom. The first-order valence-corrected chi connectivity index (χ1v) is 7.97. The van der Waals surface area contributed by atoms with Crippen LogP contribution in [0.4, 0.5) is 0 Å². The van der Waals surface area contributed by atoms with Crippen molar-refractivity contribution in [1.82, 2.24) is 4.90 Å². The number of unbranched alkanes of at least 4 members (excludes halogenated alkanes) is 2. The van der Waals surface area contributed by atoms with Crippen molar-refractivity contribution >= 4 is 5.91 Å². The summed E-state index contributed by atoms with van der Waals surface area (Å²) in [4.78, 5) is 14.2. The minimum Gasteiger partial charge on any atom is -0.342 e.